The molecule has 0 aliphatic carbocycles. The first-order valence-corrected chi connectivity index (χ1v) is 7.23. The van der Waals surface area contributed by atoms with Crippen LogP contribution < -0.4 is 0 Å². The number of fused-ring (bicyclic) bond motifs is 1. The highest BCUT2D eigenvalue weighted by Crippen LogP contribution is 2.39. The van der Waals surface area contributed by atoms with Crippen molar-refractivity contribution in [2.45, 2.75) is 31.5 Å². The van der Waals surface area contributed by atoms with Crippen LogP contribution in [-0.2, 0) is 9.47 Å². The van der Waals surface area contributed by atoms with Crippen molar-refractivity contribution < 1.29 is 23.4 Å². The smallest absolute Gasteiger partial charge is 0.141 e. The second-order valence-electron chi connectivity index (χ2n) is 5.34. The third kappa shape index (κ3) is 2.69. The van der Waals surface area contributed by atoms with E-state index in [-0.39, 0.29) is 5.82 Å². The molecule has 5 heteroatoms. The van der Waals surface area contributed by atoms with Crippen molar-refractivity contribution in [3.05, 3.63) is 35.8 Å². The highest BCUT2D eigenvalue weighted by Gasteiger charge is 2.42. The highest BCUT2D eigenvalue weighted by atomic mass is 19.1. The standard InChI is InChI=1S/C16H19FO4/c1-2-20-16(5-7-19-8-6-16)15(18)14-10-11-9-12(17)3-4-13(11)21-14/h3-4,9-10,15,18H,2,5-8H2,1H3. The minimum absolute atomic E-state index is 0.324. The lowest BCUT2D eigenvalue weighted by molar-refractivity contribution is -0.172. The zero-order valence-corrected chi connectivity index (χ0v) is 12.0. The Morgan fingerprint density at radius 3 is 2.81 bits per heavy atom. The molecule has 1 N–H and O–H groups in total. The maximum absolute atomic E-state index is 13.3. The Bertz CT molecular complexity index is 610. The molecule has 0 saturated carbocycles. The molecule has 0 spiro atoms. The van der Waals surface area contributed by atoms with E-state index < -0.39 is 11.7 Å². The lowest BCUT2D eigenvalue weighted by Gasteiger charge is -2.39. The van der Waals surface area contributed by atoms with Gasteiger partial charge in [-0.05, 0) is 31.2 Å². The first-order valence-electron chi connectivity index (χ1n) is 7.23. The predicted octanol–water partition coefficient (Wildman–Crippen LogP) is 3.19. The van der Waals surface area contributed by atoms with Gasteiger partial charge in [-0.2, -0.15) is 0 Å². The van der Waals surface area contributed by atoms with Gasteiger partial charge in [0.2, 0.25) is 0 Å². The summed E-state index contributed by atoms with van der Waals surface area (Å²) in [5.74, 6) is 0.0841. The molecule has 1 fully saturated rings. The van der Waals surface area contributed by atoms with Crippen LogP contribution in [0, 0.1) is 5.82 Å². The number of hydrogen-bond acceptors (Lipinski definition) is 4. The molecule has 0 amide bonds. The summed E-state index contributed by atoms with van der Waals surface area (Å²) < 4.78 is 30.1. The Labute approximate surface area is 122 Å². The van der Waals surface area contributed by atoms with E-state index in [1.165, 1.54) is 12.1 Å². The quantitative estimate of drug-likeness (QED) is 0.941. The van der Waals surface area contributed by atoms with Crippen molar-refractivity contribution in [3.8, 4) is 0 Å². The fraction of sp³-hybridized carbons (Fsp3) is 0.500. The van der Waals surface area contributed by atoms with Crippen LogP contribution >= 0.6 is 0 Å². The summed E-state index contributed by atoms with van der Waals surface area (Å²) in [6.45, 7) is 3.50. The average Bonchev–Trinajstić information content (AvgIpc) is 2.90. The zero-order chi connectivity index (χ0) is 14.9. The summed E-state index contributed by atoms with van der Waals surface area (Å²) in [6.07, 6.45) is 0.317. The molecule has 0 bridgehead atoms. The van der Waals surface area contributed by atoms with Crippen LogP contribution in [0.2, 0.25) is 0 Å². The molecule has 1 aromatic heterocycles. The molecule has 0 radical (unpaired) electrons. The van der Waals surface area contributed by atoms with Gasteiger partial charge < -0.3 is 19.0 Å². The van der Waals surface area contributed by atoms with Crippen molar-refractivity contribution in [3.63, 3.8) is 0 Å². The zero-order valence-electron chi connectivity index (χ0n) is 12.0. The summed E-state index contributed by atoms with van der Waals surface area (Å²) in [7, 11) is 0. The van der Waals surface area contributed by atoms with Crippen LogP contribution in [0.4, 0.5) is 4.39 Å². The Morgan fingerprint density at radius 2 is 2.10 bits per heavy atom. The Kier molecular flexibility index (Phi) is 3.97. The first-order chi connectivity index (χ1) is 10.1. The summed E-state index contributed by atoms with van der Waals surface area (Å²) in [4.78, 5) is 0. The predicted molar refractivity (Wildman–Crippen MR) is 75.5 cm³/mol. The number of benzene rings is 1. The highest BCUT2D eigenvalue weighted by molar-refractivity contribution is 5.78. The van der Waals surface area contributed by atoms with Gasteiger partial charge in [-0.15, -0.1) is 0 Å². The van der Waals surface area contributed by atoms with E-state index in [1.54, 1.807) is 12.1 Å². The van der Waals surface area contributed by atoms with Crippen LogP contribution in [0.3, 0.4) is 0 Å². The third-order valence-corrected chi connectivity index (χ3v) is 4.04. The maximum Gasteiger partial charge on any atom is 0.141 e. The number of ether oxygens (including phenoxy) is 2. The van der Waals surface area contributed by atoms with Gasteiger partial charge in [-0.25, -0.2) is 4.39 Å². The molecule has 1 aromatic carbocycles. The topological polar surface area (TPSA) is 51.8 Å². The Morgan fingerprint density at radius 1 is 1.33 bits per heavy atom. The van der Waals surface area contributed by atoms with Crippen LogP contribution in [0.15, 0.2) is 28.7 Å². The molecule has 1 unspecified atom stereocenters. The lowest BCUT2D eigenvalue weighted by Crippen LogP contribution is -2.44. The molecular formula is C16H19FO4. The first kappa shape index (κ1) is 14.5. The molecule has 1 saturated heterocycles. The van der Waals surface area contributed by atoms with E-state index >= 15 is 0 Å². The SMILES string of the molecule is CCOC1(C(O)c2cc3cc(F)ccc3o2)CCOCC1. The van der Waals surface area contributed by atoms with Crippen LogP contribution in [0.5, 0.6) is 0 Å². The van der Waals surface area contributed by atoms with Gasteiger partial charge >= 0.3 is 0 Å². The minimum Gasteiger partial charge on any atom is -0.458 e. The van der Waals surface area contributed by atoms with Gasteiger partial charge in [0.05, 0.1) is 0 Å². The third-order valence-electron chi connectivity index (χ3n) is 4.04. The summed E-state index contributed by atoms with van der Waals surface area (Å²) >= 11 is 0. The number of furan rings is 1. The number of aliphatic hydroxyl groups is 1. The van der Waals surface area contributed by atoms with Gasteiger partial charge in [0, 0.05) is 38.0 Å². The number of rotatable bonds is 4. The monoisotopic (exact) mass is 294 g/mol. The number of hydrogen-bond donors (Lipinski definition) is 1. The van der Waals surface area contributed by atoms with Gasteiger partial charge in [0.15, 0.2) is 0 Å². The second kappa shape index (κ2) is 5.75. The largest absolute Gasteiger partial charge is 0.458 e. The van der Waals surface area contributed by atoms with Crippen LogP contribution in [0.1, 0.15) is 31.6 Å². The van der Waals surface area contributed by atoms with Gasteiger partial charge in [0.25, 0.3) is 0 Å². The molecule has 3 rings (SSSR count). The average molecular weight is 294 g/mol. The molecule has 1 aliphatic rings. The Balaban J connectivity index is 1.95. The Hall–Kier alpha value is -1.43. The van der Waals surface area contributed by atoms with Crippen molar-refractivity contribution >= 4 is 11.0 Å². The number of halogens is 1. The van der Waals surface area contributed by atoms with Crippen molar-refractivity contribution in [1.29, 1.82) is 0 Å². The summed E-state index contributed by atoms with van der Waals surface area (Å²) in [6, 6.07) is 5.98. The van der Waals surface area contributed by atoms with E-state index in [0.717, 1.165) is 0 Å². The van der Waals surface area contributed by atoms with Crippen LogP contribution in [-0.4, -0.2) is 30.5 Å². The van der Waals surface area contributed by atoms with E-state index in [0.29, 0.717) is 49.4 Å². The molecular weight excluding hydrogens is 275 g/mol. The fourth-order valence-electron chi connectivity index (χ4n) is 2.93. The molecule has 2 aromatic rings. The van der Waals surface area contributed by atoms with Crippen molar-refractivity contribution in [2.24, 2.45) is 0 Å². The molecule has 4 nitrogen and oxygen atoms in total. The minimum atomic E-state index is -0.892. The summed E-state index contributed by atoms with van der Waals surface area (Å²) in [5.41, 5.74) is -0.136. The van der Waals surface area contributed by atoms with Gasteiger partial charge in [-0.3, -0.25) is 0 Å². The van der Waals surface area contributed by atoms with E-state index in [1.807, 2.05) is 6.92 Å². The normalized spacial score (nSPS) is 19.8. The van der Waals surface area contributed by atoms with E-state index in [4.69, 9.17) is 13.9 Å². The molecule has 21 heavy (non-hydrogen) atoms. The lowest BCUT2D eigenvalue weighted by atomic mass is 9.86. The van der Waals surface area contributed by atoms with E-state index in [2.05, 4.69) is 0 Å². The fourth-order valence-corrected chi connectivity index (χ4v) is 2.93. The molecule has 2 heterocycles. The van der Waals surface area contributed by atoms with Crippen LogP contribution in [0.25, 0.3) is 11.0 Å². The van der Waals surface area contributed by atoms with Gasteiger partial charge in [-0.1, -0.05) is 0 Å². The molecule has 1 atom stereocenters. The number of aliphatic hydroxyl groups excluding tert-OH is 1. The second-order valence-corrected chi connectivity index (χ2v) is 5.34. The molecule has 114 valence electrons. The summed E-state index contributed by atoms with van der Waals surface area (Å²) in [5, 5.41) is 11.4. The van der Waals surface area contributed by atoms with Crippen molar-refractivity contribution in [2.75, 3.05) is 19.8 Å². The molecule has 1 aliphatic heterocycles. The van der Waals surface area contributed by atoms with E-state index in [9.17, 15) is 9.50 Å². The maximum atomic E-state index is 13.3. The van der Waals surface area contributed by atoms with Gasteiger partial charge in [0.1, 0.15) is 28.9 Å². The van der Waals surface area contributed by atoms with Crippen molar-refractivity contribution in [1.82, 2.24) is 0 Å².